The van der Waals surface area contributed by atoms with E-state index in [9.17, 15) is 18.0 Å². The Bertz CT molecular complexity index is 591. The van der Waals surface area contributed by atoms with Crippen LogP contribution in [0.5, 0.6) is 0 Å². The van der Waals surface area contributed by atoms with E-state index >= 15 is 0 Å². The van der Waals surface area contributed by atoms with Gasteiger partial charge in [0.1, 0.15) is 5.78 Å². The van der Waals surface area contributed by atoms with Gasteiger partial charge in [-0.3, -0.25) is 14.1 Å². The summed E-state index contributed by atoms with van der Waals surface area (Å²) < 4.78 is 30.7. The van der Waals surface area contributed by atoms with E-state index in [1.54, 1.807) is 0 Å². The first-order chi connectivity index (χ1) is 8.25. The highest BCUT2D eigenvalue weighted by molar-refractivity contribution is 7.85. The number of hydrogen-bond donors (Lipinski definition) is 2. The summed E-state index contributed by atoms with van der Waals surface area (Å²) in [5.41, 5.74) is 5.89. The second-order valence-electron chi connectivity index (χ2n) is 3.80. The number of ketones is 2. The predicted molar refractivity (Wildman–Crippen MR) is 63.8 cm³/mol. The Morgan fingerprint density at radius 2 is 1.94 bits per heavy atom. The van der Waals surface area contributed by atoms with Crippen molar-refractivity contribution >= 4 is 21.7 Å². The van der Waals surface area contributed by atoms with Crippen LogP contribution in [0, 0.1) is 0 Å². The maximum absolute atomic E-state index is 11.7. The maximum Gasteiger partial charge on any atom is 0.294 e. The maximum atomic E-state index is 11.7. The van der Waals surface area contributed by atoms with Crippen molar-refractivity contribution in [2.24, 2.45) is 5.73 Å². The molecule has 0 amide bonds. The van der Waals surface area contributed by atoms with Crippen LogP contribution in [0.25, 0.3) is 0 Å². The van der Waals surface area contributed by atoms with Crippen LogP contribution in [0.4, 0.5) is 0 Å². The van der Waals surface area contributed by atoms with Crippen molar-refractivity contribution in [2.45, 2.75) is 24.8 Å². The highest BCUT2D eigenvalue weighted by Gasteiger charge is 2.16. The van der Waals surface area contributed by atoms with Crippen molar-refractivity contribution in [1.29, 1.82) is 0 Å². The Kier molecular flexibility index (Phi) is 4.33. The summed E-state index contributed by atoms with van der Waals surface area (Å²) >= 11 is 0. The second-order valence-corrected chi connectivity index (χ2v) is 5.22. The zero-order valence-corrected chi connectivity index (χ0v) is 10.5. The SMILES string of the molecule is CC(=O)CC(=O)c1ccc(S(=O)(=O)O)cc1CN. The van der Waals surface area contributed by atoms with Crippen molar-refractivity contribution in [3.05, 3.63) is 29.3 Å². The van der Waals surface area contributed by atoms with E-state index in [1.165, 1.54) is 13.0 Å². The molecule has 0 atom stereocenters. The Hall–Kier alpha value is -1.57. The van der Waals surface area contributed by atoms with Crippen molar-refractivity contribution < 1.29 is 22.6 Å². The third-order valence-electron chi connectivity index (χ3n) is 2.30. The zero-order chi connectivity index (χ0) is 13.9. The lowest BCUT2D eigenvalue weighted by molar-refractivity contribution is -0.116. The minimum absolute atomic E-state index is 0.0671. The first-order valence-corrected chi connectivity index (χ1v) is 6.53. The van der Waals surface area contributed by atoms with Gasteiger partial charge in [0.15, 0.2) is 5.78 Å². The van der Waals surface area contributed by atoms with Gasteiger partial charge in [-0.1, -0.05) is 0 Å². The molecule has 0 aliphatic rings. The molecule has 18 heavy (non-hydrogen) atoms. The fourth-order valence-corrected chi connectivity index (χ4v) is 2.02. The molecule has 0 fully saturated rings. The van der Waals surface area contributed by atoms with Crippen LogP contribution in [0.3, 0.4) is 0 Å². The largest absolute Gasteiger partial charge is 0.326 e. The fraction of sp³-hybridized carbons (Fsp3) is 0.273. The van der Waals surface area contributed by atoms with Gasteiger partial charge >= 0.3 is 0 Å². The summed E-state index contributed by atoms with van der Waals surface area (Å²) in [4.78, 5) is 22.2. The number of carbonyl (C=O) groups is 2. The predicted octanol–water partition coefficient (Wildman–Crippen LogP) is 0.554. The number of nitrogens with two attached hydrogens (primary N) is 1. The van der Waals surface area contributed by atoms with Crippen molar-refractivity contribution in [3.63, 3.8) is 0 Å². The van der Waals surface area contributed by atoms with Crippen LogP contribution >= 0.6 is 0 Å². The Balaban J connectivity index is 3.24. The van der Waals surface area contributed by atoms with Crippen molar-refractivity contribution in [3.8, 4) is 0 Å². The molecule has 0 saturated carbocycles. The first kappa shape index (κ1) is 14.5. The molecular weight excluding hydrogens is 258 g/mol. The highest BCUT2D eigenvalue weighted by atomic mass is 32.2. The molecule has 98 valence electrons. The normalized spacial score (nSPS) is 11.3. The van der Waals surface area contributed by atoms with Crippen molar-refractivity contribution in [1.82, 2.24) is 0 Å². The molecule has 0 saturated heterocycles. The van der Waals surface area contributed by atoms with E-state index in [1.807, 2.05) is 0 Å². The van der Waals surface area contributed by atoms with E-state index < -0.39 is 15.9 Å². The van der Waals surface area contributed by atoms with E-state index in [2.05, 4.69) is 0 Å². The minimum atomic E-state index is -4.33. The van der Waals surface area contributed by atoms with Crippen LogP contribution in [-0.2, 0) is 21.5 Å². The molecule has 3 N–H and O–H groups in total. The Morgan fingerprint density at radius 3 is 2.39 bits per heavy atom. The van der Waals surface area contributed by atoms with Gasteiger partial charge in [0.25, 0.3) is 10.1 Å². The summed E-state index contributed by atoms with van der Waals surface area (Å²) in [6.07, 6.45) is -0.266. The average Bonchev–Trinajstić information content (AvgIpc) is 2.26. The smallest absolute Gasteiger partial charge is 0.294 e. The molecule has 6 nitrogen and oxygen atoms in total. The van der Waals surface area contributed by atoms with Crippen LogP contribution in [-0.4, -0.2) is 24.5 Å². The molecular formula is C11H13NO5S. The second kappa shape index (κ2) is 5.38. The first-order valence-electron chi connectivity index (χ1n) is 5.09. The standard InChI is InChI=1S/C11H13NO5S/c1-7(13)4-11(14)10-3-2-9(18(15,16)17)5-8(10)6-12/h2-3,5H,4,6,12H2,1H3,(H,15,16,17). The molecule has 7 heteroatoms. The average molecular weight is 271 g/mol. The van der Waals surface area contributed by atoms with Crippen LogP contribution in [0.2, 0.25) is 0 Å². The molecule has 0 unspecified atom stereocenters. The number of rotatable bonds is 5. The van der Waals surface area contributed by atoms with Gasteiger partial charge in [-0.15, -0.1) is 0 Å². The molecule has 0 heterocycles. The zero-order valence-electron chi connectivity index (χ0n) is 9.71. The number of Topliss-reactive ketones (excluding diaryl/α,β-unsaturated/α-hetero) is 2. The molecule has 0 aliphatic carbocycles. The van der Waals surface area contributed by atoms with E-state index in [4.69, 9.17) is 10.3 Å². The number of hydrogen-bond acceptors (Lipinski definition) is 5. The van der Waals surface area contributed by atoms with E-state index in [0.29, 0.717) is 0 Å². The van der Waals surface area contributed by atoms with Crippen LogP contribution < -0.4 is 5.73 Å². The monoisotopic (exact) mass is 271 g/mol. The van der Waals surface area contributed by atoms with Gasteiger partial charge in [0.2, 0.25) is 0 Å². The van der Waals surface area contributed by atoms with Gasteiger partial charge in [-0.2, -0.15) is 8.42 Å². The molecule has 0 radical (unpaired) electrons. The van der Waals surface area contributed by atoms with Crippen molar-refractivity contribution in [2.75, 3.05) is 0 Å². The van der Waals surface area contributed by atoms with Gasteiger partial charge < -0.3 is 5.73 Å². The lowest BCUT2D eigenvalue weighted by atomic mass is 10.0. The molecule has 0 aromatic heterocycles. The molecule has 0 bridgehead atoms. The van der Waals surface area contributed by atoms with Gasteiger partial charge in [0.05, 0.1) is 11.3 Å². The van der Waals surface area contributed by atoms with Crippen LogP contribution in [0.1, 0.15) is 29.3 Å². The van der Waals surface area contributed by atoms with Gasteiger partial charge in [-0.25, -0.2) is 0 Å². The lowest BCUT2D eigenvalue weighted by Crippen LogP contribution is -2.12. The Labute approximate surface area is 105 Å². The van der Waals surface area contributed by atoms with Gasteiger partial charge in [0, 0.05) is 12.1 Å². The molecule has 1 aromatic carbocycles. The highest BCUT2D eigenvalue weighted by Crippen LogP contribution is 2.17. The van der Waals surface area contributed by atoms with E-state index in [0.717, 1.165) is 12.1 Å². The fourth-order valence-electron chi connectivity index (χ4n) is 1.49. The minimum Gasteiger partial charge on any atom is -0.326 e. The topological polar surface area (TPSA) is 115 Å². The summed E-state index contributed by atoms with van der Waals surface area (Å²) in [5.74, 6) is -0.716. The molecule has 0 aliphatic heterocycles. The summed E-state index contributed by atoms with van der Waals surface area (Å²) in [6.45, 7) is 1.22. The quantitative estimate of drug-likeness (QED) is 0.459. The third-order valence-corrected chi connectivity index (χ3v) is 3.15. The number of carbonyl (C=O) groups excluding carboxylic acids is 2. The van der Waals surface area contributed by atoms with Gasteiger partial charge in [-0.05, 0) is 30.7 Å². The Morgan fingerprint density at radius 1 is 1.33 bits per heavy atom. The molecule has 1 aromatic rings. The number of benzene rings is 1. The lowest BCUT2D eigenvalue weighted by Gasteiger charge is -2.07. The molecule has 1 rings (SSSR count). The van der Waals surface area contributed by atoms with Crippen LogP contribution in [0.15, 0.2) is 23.1 Å². The van der Waals surface area contributed by atoms with E-state index in [-0.39, 0.29) is 34.8 Å². The summed E-state index contributed by atoms with van der Waals surface area (Å²) in [6, 6.07) is 3.47. The summed E-state index contributed by atoms with van der Waals surface area (Å²) in [7, 11) is -4.33. The summed E-state index contributed by atoms with van der Waals surface area (Å²) in [5, 5.41) is 0. The third kappa shape index (κ3) is 3.46. The molecule has 0 spiro atoms.